The van der Waals surface area contributed by atoms with Crippen LogP contribution in [0.1, 0.15) is 15.9 Å². The van der Waals surface area contributed by atoms with Gasteiger partial charge in [-0.05, 0) is 68.6 Å². The standard InChI is InChI=1S/C17H16Br2N2O4/c1-9-6-11(18)15(12(19)7-9)21-14(22)8-25-16-10(17(20)23)4-3-5-13(16)24-2/h3-7H,8H2,1-2H3,(H2,20,23)(H,21,22). The molecule has 0 radical (unpaired) electrons. The molecular formula is C17H16Br2N2O4. The first-order valence-electron chi connectivity index (χ1n) is 7.18. The van der Waals surface area contributed by atoms with Crippen molar-refractivity contribution in [3.8, 4) is 11.5 Å². The van der Waals surface area contributed by atoms with E-state index in [2.05, 4.69) is 37.2 Å². The Morgan fingerprint density at radius 2 is 1.84 bits per heavy atom. The molecule has 0 aliphatic heterocycles. The number of amides is 2. The fraction of sp³-hybridized carbons (Fsp3) is 0.176. The lowest BCUT2D eigenvalue weighted by atomic mass is 10.2. The Bertz CT molecular complexity index is 801. The maximum absolute atomic E-state index is 12.2. The molecule has 6 nitrogen and oxygen atoms in total. The van der Waals surface area contributed by atoms with Gasteiger partial charge < -0.3 is 20.5 Å². The van der Waals surface area contributed by atoms with E-state index in [1.165, 1.54) is 13.2 Å². The highest BCUT2D eigenvalue weighted by Gasteiger charge is 2.17. The molecule has 2 aromatic carbocycles. The molecule has 132 valence electrons. The highest BCUT2D eigenvalue weighted by atomic mass is 79.9. The zero-order valence-electron chi connectivity index (χ0n) is 13.6. The first kappa shape index (κ1) is 19.3. The smallest absolute Gasteiger partial charge is 0.262 e. The fourth-order valence-corrected chi connectivity index (χ4v) is 3.77. The Balaban J connectivity index is 2.15. The van der Waals surface area contributed by atoms with E-state index < -0.39 is 11.8 Å². The predicted molar refractivity (Wildman–Crippen MR) is 102 cm³/mol. The van der Waals surface area contributed by atoms with Crippen molar-refractivity contribution in [1.29, 1.82) is 0 Å². The molecule has 0 saturated carbocycles. The minimum absolute atomic E-state index is 0.134. The van der Waals surface area contributed by atoms with E-state index in [0.29, 0.717) is 11.4 Å². The van der Waals surface area contributed by atoms with Crippen LogP contribution in [0.15, 0.2) is 39.3 Å². The highest BCUT2D eigenvalue weighted by Crippen LogP contribution is 2.33. The normalized spacial score (nSPS) is 10.2. The van der Waals surface area contributed by atoms with Crippen molar-refractivity contribution in [1.82, 2.24) is 0 Å². The predicted octanol–water partition coefficient (Wildman–Crippen LogP) is 3.65. The molecule has 0 saturated heterocycles. The number of methoxy groups -OCH3 is 1. The zero-order valence-corrected chi connectivity index (χ0v) is 16.7. The molecule has 0 spiro atoms. The number of primary amides is 1. The lowest BCUT2D eigenvalue weighted by molar-refractivity contribution is -0.118. The number of hydrogen-bond acceptors (Lipinski definition) is 4. The molecule has 2 rings (SSSR count). The third kappa shape index (κ3) is 4.73. The summed E-state index contributed by atoms with van der Waals surface area (Å²) >= 11 is 6.82. The molecule has 0 aliphatic rings. The molecule has 8 heteroatoms. The minimum atomic E-state index is -0.668. The quantitative estimate of drug-likeness (QED) is 0.672. The highest BCUT2D eigenvalue weighted by molar-refractivity contribution is 9.11. The first-order chi connectivity index (χ1) is 11.8. The lowest BCUT2D eigenvalue weighted by Gasteiger charge is -2.14. The van der Waals surface area contributed by atoms with Gasteiger partial charge in [-0.3, -0.25) is 9.59 Å². The SMILES string of the molecule is COc1cccc(C(N)=O)c1OCC(=O)Nc1c(Br)cc(C)cc1Br. The molecule has 0 heterocycles. The van der Waals surface area contributed by atoms with E-state index in [0.717, 1.165) is 14.5 Å². The number of aryl methyl sites for hydroxylation is 1. The zero-order chi connectivity index (χ0) is 18.6. The van der Waals surface area contributed by atoms with Crippen LogP contribution in [0.25, 0.3) is 0 Å². The molecule has 2 aromatic rings. The van der Waals surface area contributed by atoms with Gasteiger partial charge in [0.2, 0.25) is 0 Å². The van der Waals surface area contributed by atoms with Crippen LogP contribution in [-0.4, -0.2) is 25.5 Å². The summed E-state index contributed by atoms with van der Waals surface area (Å²) in [6.45, 7) is 1.63. The molecule has 0 aliphatic carbocycles. The summed E-state index contributed by atoms with van der Waals surface area (Å²) in [5.74, 6) is -0.610. The lowest BCUT2D eigenvalue weighted by Crippen LogP contribution is -2.22. The van der Waals surface area contributed by atoms with Gasteiger partial charge in [-0.2, -0.15) is 0 Å². The van der Waals surface area contributed by atoms with Crippen molar-refractivity contribution in [2.75, 3.05) is 19.0 Å². The second-order valence-corrected chi connectivity index (χ2v) is 6.85. The Labute approximate surface area is 161 Å². The van der Waals surface area contributed by atoms with Gasteiger partial charge >= 0.3 is 0 Å². The van der Waals surface area contributed by atoms with Gasteiger partial charge in [0.05, 0.1) is 18.4 Å². The topological polar surface area (TPSA) is 90.7 Å². The van der Waals surface area contributed by atoms with Crippen LogP contribution in [-0.2, 0) is 4.79 Å². The number of carbonyl (C=O) groups is 2. The third-order valence-corrected chi connectivity index (χ3v) is 4.51. The van der Waals surface area contributed by atoms with Crippen molar-refractivity contribution < 1.29 is 19.1 Å². The number of nitrogens with two attached hydrogens (primary N) is 1. The maximum atomic E-state index is 12.2. The number of benzene rings is 2. The van der Waals surface area contributed by atoms with Crippen LogP contribution in [0.5, 0.6) is 11.5 Å². The second kappa shape index (κ2) is 8.35. The van der Waals surface area contributed by atoms with Crippen molar-refractivity contribution >= 4 is 49.4 Å². The first-order valence-corrected chi connectivity index (χ1v) is 8.77. The Morgan fingerprint density at radius 3 is 2.40 bits per heavy atom. The summed E-state index contributed by atoms with van der Waals surface area (Å²) in [4.78, 5) is 23.7. The van der Waals surface area contributed by atoms with E-state index in [1.807, 2.05) is 19.1 Å². The summed E-state index contributed by atoms with van der Waals surface area (Å²) in [6.07, 6.45) is 0. The van der Waals surface area contributed by atoms with Gasteiger partial charge in [-0.15, -0.1) is 0 Å². The third-order valence-electron chi connectivity index (χ3n) is 3.26. The van der Waals surface area contributed by atoms with Crippen LogP contribution in [0, 0.1) is 6.92 Å². The Hall–Kier alpha value is -2.06. The number of hydrogen-bond donors (Lipinski definition) is 2. The van der Waals surface area contributed by atoms with E-state index in [-0.39, 0.29) is 17.9 Å². The van der Waals surface area contributed by atoms with Gasteiger partial charge in [0.25, 0.3) is 11.8 Å². The Morgan fingerprint density at radius 1 is 1.20 bits per heavy atom. The monoisotopic (exact) mass is 470 g/mol. The average Bonchev–Trinajstić information content (AvgIpc) is 2.55. The number of carbonyl (C=O) groups excluding carboxylic acids is 2. The summed E-state index contributed by atoms with van der Waals surface area (Å²) in [5, 5.41) is 2.75. The van der Waals surface area contributed by atoms with E-state index in [1.54, 1.807) is 12.1 Å². The summed E-state index contributed by atoms with van der Waals surface area (Å²) in [6, 6.07) is 8.50. The van der Waals surface area contributed by atoms with Crippen LogP contribution in [0.2, 0.25) is 0 Å². The van der Waals surface area contributed by atoms with Crippen molar-refractivity contribution in [2.45, 2.75) is 6.92 Å². The van der Waals surface area contributed by atoms with Gasteiger partial charge in [0.1, 0.15) is 0 Å². The molecule has 25 heavy (non-hydrogen) atoms. The van der Waals surface area contributed by atoms with Gasteiger partial charge in [0, 0.05) is 8.95 Å². The molecule has 0 aromatic heterocycles. The maximum Gasteiger partial charge on any atom is 0.262 e. The van der Waals surface area contributed by atoms with Crippen LogP contribution >= 0.6 is 31.9 Å². The van der Waals surface area contributed by atoms with E-state index in [9.17, 15) is 9.59 Å². The molecular weight excluding hydrogens is 456 g/mol. The largest absolute Gasteiger partial charge is 0.493 e. The molecule has 3 N–H and O–H groups in total. The number of nitrogens with one attached hydrogen (secondary N) is 1. The number of ether oxygens (including phenoxy) is 2. The Kier molecular flexibility index (Phi) is 6.44. The molecule has 0 bridgehead atoms. The van der Waals surface area contributed by atoms with Crippen LogP contribution in [0.3, 0.4) is 0 Å². The molecule has 0 atom stereocenters. The average molecular weight is 472 g/mol. The van der Waals surface area contributed by atoms with Crippen LogP contribution < -0.4 is 20.5 Å². The minimum Gasteiger partial charge on any atom is -0.493 e. The molecule has 0 unspecified atom stereocenters. The van der Waals surface area contributed by atoms with Gasteiger partial charge in [-0.25, -0.2) is 0 Å². The number of rotatable bonds is 6. The van der Waals surface area contributed by atoms with Crippen molar-refractivity contribution in [3.63, 3.8) is 0 Å². The second-order valence-electron chi connectivity index (χ2n) is 5.14. The molecule has 2 amide bonds. The van der Waals surface area contributed by atoms with Gasteiger partial charge in [0.15, 0.2) is 18.1 Å². The number of halogens is 2. The molecule has 0 fully saturated rings. The summed E-state index contributed by atoms with van der Waals surface area (Å²) < 4.78 is 12.1. The number of anilines is 1. The van der Waals surface area contributed by atoms with Crippen molar-refractivity contribution in [3.05, 3.63) is 50.4 Å². The van der Waals surface area contributed by atoms with Crippen LogP contribution in [0.4, 0.5) is 5.69 Å². The summed E-state index contributed by atoms with van der Waals surface area (Å²) in [5.41, 5.74) is 7.11. The summed E-state index contributed by atoms with van der Waals surface area (Å²) in [7, 11) is 1.44. The van der Waals surface area contributed by atoms with E-state index in [4.69, 9.17) is 15.2 Å². The fourth-order valence-electron chi connectivity index (χ4n) is 2.15. The number of para-hydroxylation sites is 1. The van der Waals surface area contributed by atoms with E-state index >= 15 is 0 Å². The van der Waals surface area contributed by atoms with Gasteiger partial charge in [-0.1, -0.05) is 6.07 Å². The van der Waals surface area contributed by atoms with Crippen molar-refractivity contribution in [2.24, 2.45) is 5.73 Å².